The number of nitrogens with one attached hydrogen (secondary N) is 1. The number of carbonyl (C=O) groups is 1. The molecule has 2 heterocycles. The molecular weight excluding hydrogens is 234 g/mol. The second-order valence-corrected chi connectivity index (χ2v) is 5.68. The van der Waals surface area contributed by atoms with Gasteiger partial charge in [-0.05, 0) is 18.3 Å². The van der Waals surface area contributed by atoms with Crippen LogP contribution >= 0.6 is 0 Å². The first-order chi connectivity index (χ1) is 8.70. The molecule has 5 heteroatoms. The maximum atomic E-state index is 11.9. The highest BCUT2D eigenvalue weighted by atomic mass is 16.7. The van der Waals surface area contributed by atoms with Crippen LogP contribution in [0.5, 0.6) is 0 Å². The molecule has 3 aliphatic rings. The molecule has 3 fully saturated rings. The number of methoxy groups -OCH3 is 1. The molecule has 0 aromatic rings. The summed E-state index contributed by atoms with van der Waals surface area (Å²) in [6.45, 7) is 3.04. The minimum Gasteiger partial charge on any atom is -0.469 e. The second kappa shape index (κ2) is 4.47. The lowest BCUT2D eigenvalue weighted by Gasteiger charge is -2.43. The third-order valence-corrected chi connectivity index (χ3v) is 4.87. The van der Waals surface area contributed by atoms with Crippen molar-refractivity contribution >= 4 is 5.97 Å². The molecule has 5 nitrogen and oxygen atoms in total. The molecule has 102 valence electrons. The zero-order valence-electron chi connectivity index (χ0n) is 10.9. The summed E-state index contributed by atoms with van der Waals surface area (Å²) in [6, 6.07) is 0. The molecule has 1 aliphatic carbocycles. The average molecular weight is 255 g/mol. The van der Waals surface area contributed by atoms with Gasteiger partial charge in [0.15, 0.2) is 5.79 Å². The summed E-state index contributed by atoms with van der Waals surface area (Å²) < 4.78 is 16.4. The minimum absolute atomic E-state index is 0.0127. The van der Waals surface area contributed by atoms with E-state index in [2.05, 4.69) is 5.32 Å². The lowest BCUT2D eigenvalue weighted by atomic mass is 9.66. The van der Waals surface area contributed by atoms with E-state index < -0.39 is 0 Å². The lowest BCUT2D eigenvalue weighted by Crippen LogP contribution is -2.45. The molecule has 0 amide bonds. The molecule has 0 radical (unpaired) electrons. The summed E-state index contributed by atoms with van der Waals surface area (Å²) in [5.41, 5.74) is 0.0493. The van der Waals surface area contributed by atoms with Crippen molar-refractivity contribution in [3.63, 3.8) is 0 Å². The number of carbonyl (C=O) groups excluding carboxylic acids is 1. The van der Waals surface area contributed by atoms with E-state index in [4.69, 9.17) is 14.2 Å². The van der Waals surface area contributed by atoms with Crippen molar-refractivity contribution in [2.24, 2.45) is 11.3 Å². The Morgan fingerprint density at radius 2 is 1.89 bits per heavy atom. The Balaban J connectivity index is 1.71. The van der Waals surface area contributed by atoms with Gasteiger partial charge in [-0.1, -0.05) is 0 Å². The first-order valence-corrected chi connectivity index (χ1v) is 6.76. The van der Waals surface area contributed by atoms with E-state index in [0.29, 0.717) is 13.2 Å². The molecular formula is C13H21NO4. The van der Waals surface area contributed by atoms with Gasteiger partial charge in [0.05, 0.1) is 26.2 Å². The zero-order chi connectivity index (χ0) is 12.6. The van der Waals surface area contributed by atoms with Crippen LogP contribution in [-0.4, -0.2) is 45.2 Å². The highest BCUT2D eigenvalue weighted by Gasteiger charge is 2.53. The first-order valence-electron chi connectivity index (χ1n) is 6.76. The van der Waals surface area contributed by atoms with Crippen LogP contribution in [0, 0.1) is 11.3 Å². The Kier molecular flexibility index (Phi) is 3.08. The van der Waals surface area contributed by atoms with Gasteiger partial charge in [0.2, 0.25) is 0 Å². The number of ether oxygens (including phenoxy) is 3. The number of rotatable bonds is 1. The van der Waals surface area contributed by atoms with Gasteiger partial charge in [0.1, 0.15) is 0 Å². The summed E-state index contributed by atoms with van der Waals surface area (Å²) in [7, 11) is 1.47. The summed E-state index contributed by atoms with van der Waals surface area (Å²) in [6.07, 6.45) is 3.73. The Morgan fingerprint density at radius 1 is 1.22 bits per heavy atom. The van der Waals surface area contributed by atoms with Crippen LogP contribution in [0.1, 0.15) is 25.7 Å². The molecule has 0 bridgehead atoms. The Hall–Kier alpha value is -0.650. The van der Waals surface area contributed by atoms with Gasteiger partial charge in [0, 0.05) is 25.9 Å². The average Bonchev–Trinajstić information content (AvgIpc) is 3.00. The largest absolute Gasteiger partial charge is 0.469 e. The van der Waals surface area contributed by atoms with Crippen LogP contribution in [0.25, 0.3) is 0 Å². The van der Waals surface area contributed by atoms with E-state index in [0.717, 1.165) is 38.8 Å². The monoisotopic (exact) mass is 255 g/mol. The van der Waals surface area contributed by atoms with E-state index in [9.17, 15) is 4.79 Å². The van der Waals surface area contributed by atoms with E-state index in [1.165, 1.54) is 7.11 Å². The van der Waals surface area contributed by atoms with Gasteiger partial charge in [-0.3, -0.25) is 4.79 Å². The third-order valence-electron chi connectivity index (χ3n) is 4.87. The molecule has 1 N–H and O–H groups in total. The molecule has 3 rings (SSSR count). The Bertz CT molecular complexity index is 328. The molecule has 1 saturated carbocycles. The minimum atomic E-state index is -0.353. The zero-order valence-corrected chi connectivity index (χ0v) is 10.9. The van der Waals surface area contributed by atoms with Crippen LogP contribution in [-0.2, 0) is 19.0 Å². The second-order valence-electron chi connectivity index (χ2n) is 5.68. The predicted molar refractivity (Wildman–Crippen MR) is 63.9 cm³/mol. The fourth-order valence-electron chi connectivity index (χ4n) is 3.72. The first kappa shape index (κ1) is 12.4. The number of hydrogen-bond acceptors (Lipinski definition) is 5. The highest BCUT2D eigenvalue weighted by molar-refractivity contribution is 5.74. The normalized spacial score (nSPS) is 33.1. The standard InChI is InChI=1S/C13H21NO4/c1-16-11(15)10-8-14-9-12(10)2-4-13(5-3-12)17-6-7-18-13/h10,14H,2-9H2,1H3. The quantitative estimate of drug-likeness (QED) is 0.698. The number of hydrogen-bond donors (Lipinski definition) is 1. The van der Waals surface area contributed by atoms with Crippen molar-refractivity contribution in [2.75, 3.05) is 33.4 Å². The fraction of sp³-hybridized carbons (Fsp3) is 0.923. The third kappa shape index (κ3) is 1.85. The van der Waals surface area contributed by atoms with E-state index in [-0.39, 0.29) is 23.1 Å². The van der Waals surface area contributed by atoms with Crippen molar-refractivity contribution in [3.8, 4) is 0 Å². The summed E-state index contributed by atoms with van der Waals surface area (Å²) in [4.78, 5) is 11.9. The molecule has 0 aromatic heterocycles. The van der Waals surface area contributed by atoms with Crippen molar-refractivity contribution in [1.82, 2.24) is 5.32 Å². The van der Waals surface area contributed by atoms with Crippen LogP contribution in [0.15, 0.2) is 0 Å². The van der Waals surface area contributed by atoms with Crippen LogP contribution in [0.2, 0.25) is 0 Å². The lowest BCUT2D eigenvalue weighted by molar-refractivity contribution is -0.195. The summed E-state index contributed by atoms with van der Waals surface area (Å²) in [5, 5.41) is 3.34. The van der Waals surface area contributed by atoms with Crippen molar-refractivity contribution in [1.29, 1.82) is 0 Å². The SMILES string of the molecule is COC(=O)C1CNCC12CCC1(CC2)OCCO1. The van der Waals surface area contributed by atoms with Gasteiger partial charge in [-0.15, -0.1) is 0 Å². The van der Waals surface area contributed by atoms with E-state index >= 15 is 0 Å². The molecule has 2 spiro atoms. The highest BCUT2D eigenvalue weighted by Crippen LogP contribution is 2.50. The van der Waals surface area contributed by atoms with Crippen molar-refractivity contribution in [3.05, 3.63) is 0 Å². The maximum Gasteiger partial charge on any atom is 0.310 e. The molecule has 1 unspecified atom stereocenters. The Labute approximate surface area is 107 Å². The summed E-state index contributed by atoms with van der Waals surface area (Å²) >= 11 is 0. The van der Waals surface area contributed by atoms with Gasteiger partial charge >= 0.3 is 5.97 Å². The topological polar surface area (TPSA) is 56.8 Å². The molecule has 2 aliphatic heterocycles. The fourth-order valence-corrected chi connectivity index (χ4v) is 3.72. The van der Waals surface area contributed by atoms with Crippen LogP contribution in [0.3, 0.4) is 0 Å². The number of esters is 1. The van der Waals surface area contributed by atoms with Crippen molar-refractivity contribution < 1.29 is 19.0 Å². The van der Waals surface area contributed by atoms with Gasteiger partial charge < -0.3 is 19.5 Å². The van der Waals surface area contributed by atoms with Gasteiger partial charge in [-0.25, -0.2) is 0 Å². The molecule has 18 heavy (non-hydrogen) atoms. The smallest absolute Gasteiger partial charge is 0.310 e. The van der Waals surface area contributed by atoms with Crippen LogP contribution in [0.4, 0.5) is 0 Å². The van der Waals surface area contributed by atoms with E-state index in [1.54, 1.807) is 0 Å². The van der Waals surface area contributed by atoms with E-state index in [1.807, 2.05) is 0 Å². The van der Waals surface area contributed by atoms with Crippen molar-refractivity contribution in [2.45, 2.75) is 31.5 Å². The van der Waals surface area contributed by atoms with Crippen LogP contribution < -0.4 is 5.32 Å². The van der Waals surface area contributed by atoms with Gasteiger partial charge in [0.25, 0.3) is 0 Å². The molecule has 0 aromatic carbocycles. The molecule has 2 saturated heterocycles. The summed E-state index contributed by atoms with van der Waals surface area (Å²) in [5.74, 6) is -0.445. The molecule has 1 atom stereocenters. The maximum absolute atomic E-state index is 11.9. The van der Waals surface area contributed by atoms with Gasteiger partial charge in [-0.2, -0.15) is 0 Å². The Morgan fingerprint density at radius 3 is 2.50 bits per heavy atom. The predicted octanol–water partition coefficient (Wildman–Crippen LogP) is 0.682.